The van der Waals surface area contributed by atoms with Gasteiger partial charge in [0.2, 0.25) is 0 Å². The fourth-order valence-electron chi connectivity index (χ4n) is 3.55. The van der Waals surface area contributed by atoms with Crippen LogP contribution in [0, 0.1) is 0 Å². The first-order valence-electron chi connectivity index (χ1n) is 8.54. The molecule has 5 heteroatoms. The van der Waals surface area contributed by atoms with Gasteiger partial charge >= 0.3 is 6.18 Å². The normalized spacial score (nSPS) is 19.6. The molecular weight excluding hydrogens is 337 g/mol. The quantitative estimate of drug-likeness (QED) is 0.746. The molecule has 1 fully saturated rings. The Morgan fingerprint density at radius 2 is 1.77 bits per heavy atom. The Kier molecular flexibility index (Phi) is 5.07. The second-order valence-corrected chi connectivity index (χ2v) is 6.32. The standard InChI is InChI=1S/C21H21F3N2/c1-2-26-17(14-25)6-5-9-20(26)19-8-4-3-7-18(19)15-10-12-16(13-11-15)21(22,23)24/h2-4,7-8,10-14,20H,1,5-6,9,25H2/b17-14-. The van der Waals surface area contributed by atoms with E-state index in [1.165, 1.54) is 12.1 Å². The monoisotopic (exact) mass is 358 g/mol. The molecule has 1 aliphatic rings. The van der Waals surface area contributed by atoms with E-state index < -0.39 is 11.7 Å². The molecule has 2 nitrogen and oxygen atoms in total. The van der Waals surface area contributed by atoms with E-state index in [1.807, 2.05) is 24.3 Å². The van der Waals surface area contributed by atoms with Gasteiger partial charge in [-0.3, -0.25) is 0 Å². The Morgan fingerprint density at radius 1 is 1.08 bits per heavy atom. The summed E-state index contributed by atoms with van der Waals surface area (Å²) in [4.78, 5) is 2.06. The minimum atomic E-state index is -4.33. The lowest BCUT2D eigenvalue weighted by Crippen LogP contribution is -2.28. The molecule has 1 saturated heterocycles. The molecule has 0 amide bonds. The number of benzene rings is 2. The molecule has 2 aromatic rings. The Bertz CT molecular complexity index is 807. The number of nitrogens with zero attached hydrogens (tertiary/aromatic N) is 1. The largest absolute Gasteiger partial charge is 0.416 e. The van der Waals surface area contributed by atoms with E-state index in [0.717, 1.165) is 53.8 Å². The van der Waals surface area contributed by atoms with Gasteiger partial charge in [0.1, 0.15) is 0 Å². The Hall–Kier alpha value is -2.69. The lowest BCUT2D eigenvalue weighted by atomic mass is 9.88. The maximum absolute atomic E-state index is 12.8. The van der Waals surface area contributed by atoms with Gasteiger partial charge in [-0.05, 0) is 54.3 Å². The van der Waals surface area contributed by atoms with Crippen LogP contribution in [-0.4, -0.2) is 4.90 Å². The van der Waals surface area contributed by atoms with E-state index in [0.29, 0.717) is 0 Å². The van der Waals surface area contributed by atoms with Gasteiger partial charge in [-0.2, -0.15) is 13.2 Å². The molecule has 3 rings (SSSR count). The van der Waals surface area contributed by atoms with Gasteiger partial charge in [-0.25, -0.2) is 0 Å². The first-order valence-corrected chi connectivity index (χ1v) is 8.54. The molecule has 1 aliphatic heterocycles. The van der Waals surface area contributed by atoms with Crippen LogP contribution in [-0.2, 0) is 6.18 Å². The third-order valence-electron chi connectivity index (χ3n) is 4.81. The second-order valence-electron chi connectivity index (χ2n) is 6.32. The zero-order valence-electron chi connectivity index (χ0n) is 14.3. The van der Waals surface area contributed by atoms with Crippen LogP contribution >= 0.6 is 0 Å². The molecule has 26 heavy (non-hydrogen) atoms. The Balaban J connectivity index is 2.02. The number of rotatable bonds is 3. The molecule has 2 N–H and O–H groups in total. The van der Waals surface area contributed by atoms with Crippen molar-refractivity contribution >= 4 is 0 Å². The number of nitrogens with two attached hydrogens (primary N) is 1. The van der Waals surface area contributed by atoms with Gasteiger partial charge in [-0.15, -0.1) is 0 Å². The smallest absolute Gasteiger partial charge is 0.403 e. The number of hydrogen-bond acceptors (Lipinski definition) is 2. The van der Waals surface area contributed by atoms with E-state index in [1.54, 1.807) is 12.4 Å². The van der Waals surface area contributed by atoms with Gasteiger partial charge in [0.15, 0.2) is 0 Å². The van der Waals surface area contributed by atoms with Gasteiger partial charge < -0.3 is 10.6 Å². The van der Waals surface area contributed by atoms with E-state index in [-0.39, 0.29) is 6.04 Å². The Morgan fingerprint density at radius 3 is 2.38 bits per heavy atom. The molecular formula is C21H21F3N2. The third-order valence-corrected chi connectivity index (χ3v) is 4.81. The van der Waals surface area contributed by atoms with Crippen molar-refractivity contribution in [2.24, 2.45) is 5.73 Å². The predicted octanol–water partition coefficient (Wildman–Crippen LogP) is 5.84. The highest BCUT2D eigenvalue weighted by Crippen LogP contribution is 2.40. The summed E-state index contributed by atoms with van der Waals surface area (Å²) in [6.45, 7) is 3.90. The number of allylic oxidation sites excluding steroid dienone is 1. The molecule has 2 aromatic carbocycles. The lowest BCUT2D eigenvalue weighted by molar-refractivity contribution is -0.137. The first-order chi connectivity index (χ1) is 12.5. The van der Waals surface area contributed by atoms with E-state index in [2.05, 4.69) is 11.5 Å². The summed E-state index contributed by atoms with van der Waals surface area (Å²) in [7, 11) is 0. The van der Waals surface area contributed by atoms with Crippen LogP contribution in [0.4, 0.5) is 13.2 Å². The molecule has 0 aromatic heterocycles. The van der Waals surface area contributed by atoms with Crippen molar-refractivity contribution in [3.8, 4) is 11.1 Å². The number of halogens is 3. The van der Waals surface area contributed by atoms with Crippen molar-refractivity contribution in [2.75, 3.05) is 0 Å². The number of piperidine rings is 1. The third kappa shape index (κ3) is 3.47. The second kappa shape index (κ2) is 7.28. The van der Waals surface area contributed by atoms with Crippen LogP contribution in [0.5, 0.6) is 0 Å². The summed E-state index contributed by atoms with van der Waals surface area (Å²) in [5.74, 6) is 0. The summed E-state index contributed by atoms with van der Waals surface area (Å²) in [6.07, 6.45) is 1.87. The number of hydrogen-bond donors (Lipinski definition) is 1. The summed E-state index contributed by atoms with van der Waals surface area (Å²) in [6, 6.07) is 13.2. The summed E-state index contributed by atoms with van der Waals surface area (Å²) in [5.41, 5.74) is 8.88. The number of alkyl halides is 3. The zero-order valence-corrected chi connectivity index (χ0v) is 14.3. The lowest BCUT2D eigenvalue weighted by Gasteiger charge is -2.37. The van der Waals surface area contributed by atoms with Gasteiger partial charge in [0.05, 0.1) is 11.6 Å². The maximum Gasteiger partial charge on any atom is 0.416 e. The highest BCUT2D eigenvalue weighted by atomic mass is 19.4. The summed E-state index contributed by atoms with van der Waals surface area (Å²) in [5, 5.41) is 0. The summed E-state index contributed by atoms with van der Waals surface area (Å²) >= 11 is 0. The molecule has 1 unspecified atom stereocenters. The summed E-state index contributed by atoms with van der Waals surface area (Å²) < 4.78 is 38.5. The van der Waals surface area contributed by atoms with E-state index in [4.69, 9.17) is 5.73 Å². The topological polar surface area (TPSA) is 29.3 Å². The average Bonchev–Trinajstić information content (AvgIpc) is 2.66. The van der Waals surface area contributed by atoms with Crippen molar-refractivity contribution in [3.63, 3.8) is 0 Å². The van der Waals surface area contributed by atoms with Crippen LogP contribution in [0.15, 0.2) is 73.2 Å². The molecule has 1 heterocycles. The molecule has 0 bridgehead atoms. The highest BCUT2D eigenvalue weighted by Gasteiger charge is 2.30. The first kappa shape index (κ1) is 18.1. The average molecular weight is 358 g/mol. The highest BCUT2D eigenvalue weighted by molar-refractivity contribution is 5.68. The van der Waals surface area contributed by atoms with Crippen LogP contribution < -0.4 is 5.73 Å². The minimum Gasteiger partial charge on any atom is -0.403 e. The fraction of sp³-hybridized carbons (Fsp3) is 0.238. The SMILES string of the molecule is C=CN1/C(=C\N)CCCC1c1ccccc1-c1ccc(C(F)(F)F)cc1. The number of likely N-dealkylation sites (tertiary alicyclic amines) is 1. The van der Waals surface area contributed by atoms with Crippen LogP contribution in [0.1, 0.15) is 36.4 Å². The van der Waals surface area contributed by atoms with Crippen molar-refractivity contribution in [1.82, 2.24) is 4.90 Å². The van der Waals surface area contributed by atoms with E-state index >= 15 is 0 Å². The molecule has 136 valence electrons. The van der Waals surface area contributed by atoms with Crippen molar-refractivity contribution in [2.45, 2.75) is 31.5 Å². The van der Waals surface area contributed by atoms with Gasteiger partial charge in [-0.1, -0.05) is 43.0 Å². The van der Waals surface area contributed by atoms with Gasteiger partial charge in [0.25, 0.3) is 0 Å². The van der Waals surface area contributed by atoms with Crippen LogP contribution in [0.25, 0.3) is 11.1 Å². The molecule has 0 aliphatic carbocycles. The minimum absolute atomic E-state index is 0.0644. The molecule has 0 saturated carbocycles. The van der Waals surface area contributed by atoms with Crippen LogP contribution in [0.3, 0.4) is 0 Å². The Labute approximate surface area is 151 Å². The van der Waals surface area contributed by atoms with Crippen molar-refractivity contribution < 1.29 is 13.2 Å². The van der Waals surface area contributed by atoms with E-state index in [9.17, 15) is 13.2 Å². The van der Waals surface area contributed by atoms with Crippen molar-refractivity contribution in [3.05, 3.63) is 84.3 Å². The van der Waals surface area contributed by atoms with Gasteiger partial charge in [0, 0.05) is 11.9 Å². The molecule has 0 spiro atoms. The van der Waals surface area contributed by atoms with Crippen LogP contribution in [0.2, 0.25) is 0 Å². The maximum atomic E-state index is 12.8. The fourth-order valence-corrected chi connectivity index (χ4v) is 3.55. The molecule has 1 atom stereocenters. The predicted molar refractivity (Wildman–Crippen MR) is 97.8 cm³/mol. The zero-order chi connectivity index (χ0) is 18.7. The molecule has 0 radical (unpaired) electrons. The van der Waals surface area contributed by atoms with Crippen molar-refractivity contribution in [1.29, 1.82) is 0 Å².